The van der Waals surface area contributed by atoms with Gasteiger partial charge in [-0.3, -0.25) is 10.1 Å². The Hall–Kier alpha value is -2.51. The summed E-state index contributed by atoms with van der Waals surface area (Å²) < 4.78 is 5.13. The van der Waals surface area contributed by atoms with Gasteiger partial charge in [0.25, 0.3) is 0 Å². The molecule has 216 valence electrons. The molecule has 1 aliphatic rings. The number of aromatic nitrogens is 2. The Morgan fingerprint density at radius 3 is 1.98 bits per heavy atom. The van der Waals surface area contributed by atoms with Crippen LogP contribution in [0.3, 0.4) is 0 Å². The molecule has 0 saturated heterocycles. The Bertz CT molecular complexity index is 1350. The van der Waals surface area contributed by atoms with Gasteiger partial charge >= 0.3 is 5.97 Å². The van der Waals surface area contributed by atoms with E-state index in [0.717, 1.165) is 16.8 Å². The number of benzene rings is 2. The third-order valence-electron chi connectivity index (χ3n) is 6.00. The number of amides is 1. The molecule has 1 amide bonds. The van der Waals surface area contributed by atoms with Gasteiger partial charge < -0.3 is 9.72 Å². The third-order valence-corrected chi connectivity index (χ3v) is 6.87. The molecule has 2 N–H and O–H groups in total. The molecule has 3 aromatic rings. The van der Waals surface area contributed by atoms with Gasteiger partial charge in [0.1, 0.15) is 5.60 Å². The highest BCUT2D eigenvalue weighted by Crippen LogP contribution is 2.69. The van der Waals surface area contributed by atoms with E-state index in [4.69, 9.17) is 51.1 Å². The highest BCUT2D eigenvalue weighted by molar-refractivity contribution is 6.35. The van der Waals surface area contributed by atoms with Gasteiger partial charge in [0.05, 0.1) is 6.20 Å². The summed E-state index contributed by atoms with van der Waals surface area (Å²) in [6.07, 6.45) is 4.75. The van der Waals surface area contributed by atoms with Crippen molar-refractivity contribution in [1.29, 1.82) is 0 Å². The first-order valence-corrected chi connectivity index (χ1v) is 13.7. The van der Waals surface area contributed by atoms with Crippen molar-refractivity contribution >= 4 is 70.3 Å². The molecule has 4 rings (SSSR count). The van der Waals surface area contributed by atoms with Gasteiger partial charge in [0.2, 0.25) is 11.9 Å². The maximum Gasteiger partial charge on any atom is 0.331 e. The van der Waals surface area contributed by atoms with Gasteiger partial charge in [-0.2, -0.15) is 0 Å². The number of imidazole rings is 1. The lowest BCUT2D eigenvalue weighted by Gasteiger charge is -2.17. The molecule has 1 aliphatic carbocycles. The summed E-state index contributed by atoms with van der Waals surface area (Å²) in [5, 5.41) is 5.01. The molecule has 6 nitrogen and oxygen atoms in total. The second kappa shape index (κ2) is 13.4. The Morgan fingerprint density at radius 2 is 1.48 bits per heavy atom. The first kappa shape index (κ1) is 33.7. The summed E-state index contributed by atoms with van der Waals surface area (Å²) in [5.41, 5.74) is 2.48. The van der Waals surface area contributed by atoms with Gasteiger partial charge in [-0.15, -0.1) is 0 Å². The number of H-pyrrole nitrogens is 1. The molecule has 2 atom stereocenters. The minimum absolute atomic E-state index is 0. The first-order valence-electron chi connectivity index (χ1n) is 12.2. The average molecular weight is 627 g/mol. The standard InChI is InChI=1S/C16H17Cl2N3O.C13H14Cl2O2.CH4/c1-8(22)20-15-19-7-12(21-15)14-13(16(14,2)3)9-4-10(17)6-11(18)5-9;1-13(2,3)17-12(16)5-4-9-6-10(14)8-11(15)7-9;/h4-7,13-14H,1-3H3,(H2,19,20,21,22);4-8H,1-3H3;1H4/b;5-4+;/t13-,14-;;/m1../s1. The maximum atomic E-state index is 11.4. The van der Waals surface area contributed by atoms with Gasteiger partial charge in [-0.05, 0) is 85.7 Å². The Kier molecular flexibility index (Phi) is 11.3. The summed E-state index contributed by atoms with van der Waals surface area (Å²) in [4.78, 5) is 29.9. The fourth-order valence-corrected chi connectivity index (χ4v) is 5.58. The van der Waals surface area contributed by atoms with Crippen LogP contribution in [-0.4, -0.2) is 27.4 Å². The molecular formula is C30H35Cl4N3O3. The maximum absolute atomic E-state index is 11.4. The van der Waals surface area contributed by atoms with E-state index in [0.29, 0.717) is 32.0 Å². The first-order chi connectivity index (χ1) is 18.0. The topological polar surface area (TPSA) is 84.1 Å². The zero-order valence-corrected chi connectivity index (χ0v) is 25.6. The number of nitrogens with zero attached hydrogens (tertiary/aromatic N) is 1. The van der Waals surface area contributed by atoms with Crippen LogP contribution in [0.15, 0.2) is 48.7 Å². The number of carbonyl (C=O) groups excluding carboxylic acids is 2. The van der Waals surface area contributed by atoms with E-state index in [-0.39, 0.29) is 24.7 Å². The molecule has 0 spiro atoms. The van der Waals surface area contributed by atoms with Crippen molar-refractivity contribution in [3.05, 3.63) is 85.6 Å². The fourth-order valence-electron chi connectivity index (χ4n) is 4.49. The highest BCUT2D eigenvalue weighted by atomic mass is 35.5. The van der Waals surface area contributed by atoms with Gasteiger partial charge in [0, 0.05) is 44.7 Å². The third kappa shape index (κ3) is 9.55. The van der Waals surface area contributed by atoms with Gasteiger partial charge in [0.15, 0.2) is 0 Å². The van der Waals surface area contributed by atoms with E-state index >= 15 is 0 Å². The molecule has 10 heteroatoms. The number of rotatable bonds is 5. The predicted molar refractivity (Wildman–Crippen MR) is 167 cm³/mol. The number of hydrogen-bond acceptors (Lipinski definition) is 4. The minimum atomic E-state index is -0.493. The fraction of sp³-hybridized carbons (Fsp3) is 0.367. The Balaban J connectivity index is 0.000000283. The van der Waals surface area contributed by atoms with E-state index in [1.54, 1.807) is 36.5 Å². The van der Waals surface area contributed by atoms with Crippen LogP contribution >= 0.6 is 46.4 Å². The quantitative estimate of drug-likeness (QED) is 0.218. The zero-order chi connectivity index (χ0) is 29.1. The van der Waals surface area contributed by atoms with E-state index in [1.807, 2.05) is 32.9 Å². The number of carbonyl (C=O) groups is 2. The van der Waals surface area contributed by atoms with E-state index in [1.165, 1.54) is 13.0 Å². The smallest absolute Gasteiger partial charge is 0.331 e. The van der Waals surface area contributed by atoms with E-state index < -0.39 is 11.6 Å². The SMILES string of the molecule is C.CC(=O)Nc1ncc([C@@H]2[C@@H](c3cc(Cl)cc(Cl)c3)C2(C)C)[nH]1.CC(C)(C)OC(=O)/C=C/c1cc(Cl)cc(Cl)c1. The Morgan fingerprint density at radius 1 is 0.950 bits per heavy atom. The zero-order valence-electron chi connectivity index (χ0n) is 22.5. The highest BCUT2D eigenvalue weighted by Gasteiger charge is 2.59. The molecule has 1 aromatic heterocycles. The second-order valence-electron chi connectivity index (χ2n) is 10.9. The molecule has 1 fully saturated rings. The molecule has 0 unspecified atom stereocenters. The number of aromatic amines is 1. The number of hydrogen-bond donors (Lipinski definition) is 2. The van der Waals surface area contributed by atoms with Crippen molar-refractivity contribution in [3.8, 4) is 0 Å². The number of esters is 1. The van der Waals surface area contributed by atoms with Crippen LogP contribution in [0.5, 0.6) is 0 Å². The average Bonchev–Trinajstić information content (AvgIpc) is 3.08. The normalized spacial score (nSPS) is 17.4. The molecule has 40 heavy (non-hydrogen) atoms. The molecule has 1 heterocycles. The largest absolute Gasteiger partial charge is 0.457 e. The molecule has 0 bridgehead atoms. The lowest BCUT2D eigenvalue weighted by molar-refractivity contribution is -0.148. The van der Waals surface area contributed by atoms with Gasteiger partial charge in [-0.25, -0.2) is 9.78 Å². The van der Waals surface area contributed by atoms with Crippen LogP contribution < -0.4 is 5.32 Å². The van der Waals surface area contributed by atoms with Crippen molar-refractivity contribution in [3.63, 3.8) is 0 Å². The summed E-state index contributed by atoms with van der Waals surface area (Å²) in [5.74, 6) is 0.544. The number of nitrogens with one attached hydrogen (secondary N) is 2. The van der Waals surface area contributed by atoms with Crippen LogP contribution in [0.25, 0.3) is 6.08 Å². The monoisotopic (exact) mass is 625 g/mol. The van der Waals surface area contributed by atoms with E-state index in [2.05, 4.69) is 29.1 Å². The minimum Gasteiger partial charge on any atom is -0.457 e. The predicted octanol–water partition coefficient (Wildman–Crippen LogP) is 9.57. The number of halogens is 4. The summed E-state index contributed by atoms with van der Waals surface area (Å²) in [6.45, 7) is 11.3. The lowest BCUT2D eigenvalue weighted by Crippen LogP contribution is -2.22. The van der Waals surface area contributed by atoms with Crippen molar-refractivity contribution in [2.75, 3.05) is 5.32 Å². The lowest BCUT2D eigenvalue weighted by atomic mass is 10.0. The summed E-state index contributed by atoms with van der Waals surface area (Å²) in [6, 6.07) is 10.7. The second-order valence-corrected chi connectivity index (χ2v) is 12.7. The van der Waals surface area contributed by atoms with Crippen molar-refractivity contribution < 1.29 is 14.3 Å². The summed E-state index contributed by atoms with van der Waals surface area (Å²) >= 11 is 23.9. The van der Waals surface area contributed by atoms with Crippen molar-refractivity contribution in [1.82, 2.24) is 9.97 Å². The molecule has 0 radical (unpaired) electrons. The van der Waals surface area contributed by atoms with Crippen molar-refractivity contribution in [2.24, 2.45) is 5.41 Å². The van der Waals surface area contributed by atoms with Gasteiger partial charge in [-0.1, -0.05) is 67.7 Å². The summed E-state index contributed by atoms with van der Waals surface area (Å²) in [7, 11) is 0. The van der Waals surface area contributed by atoms with Crippen molar-refractivity contribution in [2.45, 2.75) is 66.4 Å². The van der Waals surface area contributed by atoms with Crippen LogP contribution in [-0.2, 0) is 14.3 Å². The van der Waals surface area contributed by atoms with E-state index in [9.17, 15) is 9.59 Å². The van der Waals surface area contributed by atoms with Crippen LogP contribution in [0.1, 0.15) is 77.6 Å². The molecular weight excluding hydrogens is 592 g/mol. The number of anilines is 1. The van der Waals surface area contributed by atoms with Crippen LogP contribution in [0.2, 0.25) is 20.1 Å². The molecule has 2 aromatic carbocycles. The molecule has 0 aliphatic heterocycles. The van der Waals surface area contributed by atoms with Crippen LogP contribution in [0, 0.1) is 5.41 Å². The Labute approximate surface area is 256 Å². The molecule has 1 saturated carbocycles. The number of ether oxygens (including phenoxy) is 1. The van der Waals surface area contributed by atoms with Crippen LogP contribution in [0.4, 0.5) is 5.95 Å².